The molecule has 0 saturated heterocycles. The third kappa shape index (κ3) is 2.25. The van der Waals surface area contributed by atoms with E-state index in [-0.39, 0.29) is 5.78 Å². The van der Waals surface area contributed by atoms with Gasteiger partial charge in [-0.05, 0) is 24.4 Å². The summed E-state index contributed by atoms with van der Waals surface area (Å²) in [5.74, 6) is 0.0872. The minimum absolute atomic E-state index is 0.0872. The number of ketones is 1. The molecular weight excluding hydrogens is 292 g/mol. The first-order chi connectivity index (χ1) is 9.56. The Hall–Kier alpha value is -1.65. The van der Waals surface area contributed by atoms with Crippen LogP contribution >= 0.6 is 22.9 Å². The number of carbonyl (C=O) groups is 1. The van der Waals surface area contributed by atoms with Gasteiger partial charge in [0, 0.05) is 23.7 Å². The SMILES string of the molecule is Cc1nn(C)c(Cl)c1CC(=O)c1cc2ccccc2s1. The van der Waals surface area contributed by atoms with Crippen molar-refractivity contribution >= 4 is 38.8 Å². The monoisotopic (exact) mass is 304 g/mol. The molecule has 0 radical (unpaired) electrons. The second-order valence-electron chi connectivity index (χ2n) is 4.73. The molecule has 0 saturated carbocycles. The molecule has 3 rings (SSSR count). The zero-order chi connectivity index (χ0) is 14.3. The topological polar surface area (TPSA) is 34.9 Å². The Morgan fingerprint density at radius 3 is 2.80 bits per heavy atom. The number of Topliss-reactive ketones (excluding diaryl/α,β-unsaturated/α-hetero) is 1. The molecule has 0 aliphatic heterocycles. The van der Waals surface area contributed by atoms with E-state index >= 15 is 0 Å². The first-order valence-corrected chi connectivity index (χ1v) is 7.45. The van der Waals surface area contributed by atoms with Crippen LogP contribution in [0.3, 0.4) is 0 Å². The molecule has 102 valence electrons. The van der Waals surface area contributed by atoms with Crippen molar-refractivity contribution in [3.63, 3.8) is 0 Å². The predicted molar refractivity (Wildman–Crippen MR) is 82.8 cm³/mol. The van der Waals surface area contributed by atoms with Crippen LogP contribution < -0.4 is 0 Å². The number of fused-ring (bicyclic) bond motifs is 1. The number of halogens is 1. The number of aromatic nitrogens is 2. The molecule has 0 amide bonds. The highest BCUT2D eigenvalue weighted by Gasteiger charge is 2.17. The second-order valence-corrected chi connectivity index (χ2v) is 6.17. The summed E-state index contributed by atoms with van der Waals surface area (Å²) in [6, 6.07) is 9.95. The lowest BCUT2D eigenvalue weighted by molar-refractivity contribution is 0.0996. The van der Waals surface area contributed by atoms with Crippen LogP contribution in [0.5, 0.6) is 0 Å². The molecule has 0 aliphatic carbocycles. The Morgan fingerprint density at radius 2 is 2.15 bits per heavy atom. The van der Waals surface area contributed by atoms with Crippen molar-refractivity contribution < 1.29 is 4.79 Å². The number of rotatable bonds is 3. The van der Waals surface area contributed by atoms with Crippen LogP contribution in [0.15, 0.2) is 30.3 Å². The molecule has 3 aromatic rings. The fourth-order valence-corrected chi connectivity index (χ4v) is 3.48. The molecule has 20 heavy (non-hydrogen) atoms. The smallest absolute Gasteiger partial charge is 0.177 e. The standard InChI is InChI=1S/C15H13ClN2OS/c1-9-11(15(16)18(2)17-9)8-12(19)14-7-10-5-3-4-6-13(10)20-14/h3-7H,8H2,1-2H3. The largest absolute Gasteiger partial charge is 0.293 e. The highest BCUT2D eigenvalue weighted by atomic mass is 35.5. The van der Waals surface area contributed by atoms with E-state index in [1.165, 1.54) is 11.3 Å². The number of hydrogen-bond acceptors (Lipinski definition) is 3. The lowest BCUT2D eigenvalue weighted by Gasteiger charge is -1.98. The maximum atomic E-state index is 12.4. The molecule has 0 aliphatic rings. The van der Waals surface area contributed by atoms with E-state index in [1.807, 2.05) is 37.3 Å². The number of aryl methyl sites for hydroxylation is 2. The van der Waals surface area contributed by atoms with E-state index in [0.717, 1.165) is 26.2 Å². The van der Waals surface area contributed by atoms with Crippen molar-refractivity contribution in [2.75, 3.05) is 0 Å². The van der Waals surface area contributed by atoms with Gasteiger partial charge < -0.3 is 0 Å². The summed E-state index contributed by atoms with van der Waals surface area (Å²) in [7, 11) is 1.78. The normalized spacial score (nSPS) is 11.2. The minimum Gasteiger partial charge on any atom is -0.293 e. The molecule has 2 heterocycles. The molecule has 1 aromatic carbocycles. The van der Waals surface area contributed by atoms with E-state index in [1.54, 1.807) is 11.7 Å². The molecule has 0 N–H and O–H groups in total. The lowest BCUT2D eigenvalue weighted by Crippen LogP contribution is -2.02. The predicted octanol–water partition coefficient (Wildman–Crippen LogP) is 4.02. The van der Waals surface area contributed by atoms with Crippen molar-refractivity contribution in [2.24, 2.45) is 7.05 Å². The van der Waals surface area contributed by atoms with Gasteiger partial charge in [-0.25, -0.2) is 0 Å². The molecule has 0 atom stereocenters. The maximum Gasteiger partial charge on any atom is 0.177 e. The van der Waals surface area contributed by atoms with Gasteiger partial charge in [0.05, 0.1) is 10.6 Å². The average Bonchev–Trinajstić information content (AvgIpc) is 2.95. The van der Waals surface area contributed by atoms with Crippen LogP contribution in [-0.2, 0) is 13.5 Å². The number of hydrogen-bond donors (Lipinski definition) is 0. The van der Waals surface area contributed by atoms with Gasteiger partial charge in [-0.3, -0.25) is 9.48 Å². The van der Waals surface area contributed by atoms with Crippen molar-refractivity contribution in [2.45, 2.75) is 13.3 Å². The first-order valence-electron chi connectivity index (χ1n) is 6.26. The van der Waals surface area contributed by atoms with Gasteiger partial charge in [0.1, 0.15) is 5.15 Å². The lowest BCUT2D eigenvalue weighted by atomic mass is 10.1. The van der Waals surface area contributed by atoms with Gasteiger partial charge in [-0.1, -0.05) is 29.8 Å². The van der Waals surface area contributed by atoms with Crippen LogP contribution in [0, 0.1) is 6.92 Å². The number of benzene rings is 1. The van der Waals surface area contributed by atoms with Gasteiger partial charge in [0.25, 0.3) is 0 Å². The zero-order valence-corrected chi connectivity index (χ0v) is 12.8. The molecule has 0 fully saturated rings. The van der Waals surface area contributed by atoms with Gasteiger partial charge in [-0.2, -0.15) is 5.10 Å². The molecule has 0 spiro atoms. The molecule has 2 aromatic heterocycles. The molecule has 5 heteroatoms. The third-order valence-electron chi connectivity index (χ3n) is 3.31. The Labute approximate surface area is 125 Å². The second kappa shape index (κ2) is 5.04. The van der Waals surface area contributed by atoms with Gasteiger partial charge in [-0.15, -0.1) is 11.3 Å². The fraction of sp³-hybridized carbons (Fsp3) is 0.200. The van der Waals surface area contributed by atoms with Crippen LogP contribution in [-0.4, -0.2) is 15.6 Å². The van der Waals surface area contributed by atoms with E-state index < -0.39 is 0 Å². The average molecular weight is 305 g/mol. The number of thiophene rings is 1. The summed E-state index contributed by atoms with van der Waals surface area (Å²) in [6.07, 6.45) is 0.297. The summed E-state index contributed by atoms with van der Waals surface area (Å²) in [5, 5.41) is 5.88. The van der Waals surface area contributed by atoms with Crippen molar-refractivity contribution in [3.8, 4) is 0 Å². The number of carbonyl (C=O) groups excluding carboxylic acids is 1. The Balaban J connectivity index is 1.93. The Kier molecular flexibility index (Phi) is 3.36. The quantitative estimate of drug-likeness (QED) is 0.685. The van der Waals surface area contributed by atoms with Crippen LogP contribution in [0.4, 0.5) is 0 Å². The molecule has 0 bridgehead atoms. The Morgan fingerprint density at radius 1 is 1.40 bits per heavy atom. The first kappa shape index (κ1) is 13.3. The summed E-state index contributed by atoms with van der Waals surface area (Å²) in [6.45, 7) is 1.87. The zero-order valence-electron chi connectivity index (χ0n) is 11.2. The Bertz CT molecular complexity index is 770. The highest BCUT2D eigenvalue weighted by molar-refractivity contribution is 7.20. The minimum atomic E-state index is 0.0872. The van der Waals surface area contributed by atoms with E-state index in [2.05, 4.69) is 5.10 Å². The molecule has 0 unspecified atom stereocenters. The maximum absolute atomic E-state index is 12.4. The summed E-state index contributed by atoms with van der Waals surface area (Å²) < 4.78 is 2.73. The van der Waals surface area contributed by atoms with E-state index in [4.69, 9.17) is 11.6 Å². The van der Waals surface area contributed by atoms with Gasteiger partial charge in [0.2, 0.25) is 0 Å². The summed E-state index contributed by atoms with van der Waals surface area (Å²) in [5.41, 5.74) is 1.63. The highest BCUT2D eigenvalue weighted by Crippen LogP contribution is 2.27. The molecular formula is C15H13ClN2OS. The summed E-state index contributed by atoms with van der Waals surface area (Å²) in [4.78, 5) is 13.2. The van der Waals surface area contributed by atoms with Gasteiger partial charge >= 0.3 is 0 Å². The van der Waals surface area contributed by atoms with E-state index in [0.29, 0.717) is 11.6 Å². The van der Waals surface area contributed by atoms with Crippen LogP contribution in [0.25, 0.3) is 10.1 Å². The number of nitrogens with zero attached hydrogens (tertiary/aromatic N) is 2. The van der Waals surface area contributed by atoms with Gasteiger partial charge in [0.15, 0.2) is 5.78 Å². The fourth-order valence-electron chi connectivity index (χ4n) is 2.24. The third-order valence-corrected chi connectivity index (χ3v) is 4.94. The van der Waals surface area contributed by atoms with Crippen molar-refractivity contribution in [3.05, 3.63) is 51.6 Å². The van der Waals surface area contributed by atoms with Crippen molar-refractivity contribution in [1.29, 1.82) is 0 Å². The molecule has 3 nitrogen and oxygen atoms in total. The summed E-state index contributed by atoms with van der Waals surface area (Å²) >= 11 is 7.70. The van der Waals surface area contributed by atoms with E-state index in [9.17, 15) is 4.79 Å². The van der Waals surface area contributed by atoms with Crippen LogP contribution in [0.1, 0.15) is 20.9 Å². The van der Waals surface area contributed by atoms with Crippen LogP contribution in [0.2, 0.25) is 5.15 Å². The van der Waals surface area contributed by atoms with Crippen molar-refractivity contribution in [1.82, 2.24) is 9.78 Å².